The molecule has 0 aliphatic heterocycles. The number of halogens is 2. The Hall–Kier alpha value is -2.33. The molecule has 2 nitrogen and oxygen atoms in total. The van der Waals surface area contributed by atoms with Crippen molar-refractivity contribution in [1.29, 1.82) is 0 Å². The van der Waals surface area contributed by atoms with Crippen LogP contribution in [-0.4, -0.2) is 10.8 Å². The van der Waals surface area contributed by atoms with Gasteiger partial charge in [0.05, 0.1) is 0 Å². The first-order chi connectivity index (χ1) is 12.4. The highest BCUT2D eigenvalue weighted by atomic mass is 79.9. The largest absolute Gasteiger partial charge is 0.294 e. The fourth-order valence-electron chi connectivity index (χ4n) is 3.15. The predicted octanol–water partition coefficient (Wildman–Crippen LogP) is 6.00. The first-order valence-electron chi connectivity index (χ1n) is 8.41. The van der Waals surface area contributed by atoms with E-state index in [0.717, 1.165) is 26.9 Å². The maximum Gasteiger partial charge on any atom is 0.163 e. The molecule has 0 radical (unpaired) electrons. The molecule has 26 heavy (non-hydrogen) atoms. The molecule has 0 saturated carbocycles. The molecule has 0 N–H and O–H groups in total. The topological polar surface area (TPSA) is 30.0 Å². The van der Waals surface area contributed by atoms with Gasteiger partial charge in [-0.05, 0) is 66.9 Å². The van der Waals surface area contributed by atoms with E-state index >= 15 is 0 Å². The summed E-state index contributed by atoms with van der Waals surface area (Å²) in [5.74, 6) is -0.353. The Labute approximate surface area is 161 Å². The third-order valence-electron chi connectivity index (χ3n) is 4.49. The lowest BCUT2D eigenvalue weighted by Crippen LogP contribution is -2.11. The number of carbonyl (C=O) groups excluding carboxylic acids is 1. The van der Waals surface area contributed by atoms with E-state index in [0.29, 0.717) is 12.0 Å². The van der Waals surface area contributed by atoms with Gasteiger partial charge in [0.2, 0.25) is 0 Å². The van der Waals surface area contributed by atoms with Crippen LogP contribution in [0.5, 0.6) is 0 Å². The van der Waals surface area contributed by atoms with Crippen molar-refractivity contribution in [1.82, 2.24) is 4.98 Å². The van der Waals surface area contributed by atoms with Crippen LogP contribution >= 0.6 is 15.9 Å². The summed E-state index contributed by atoms with van der Waals surface area (Å²) in [5, 5.41) is 0. The molecule has 4 heteroatoms. The lowest BCUT2D eigenvalue weighted by atomic mass is 9.84. The molecule has 1 atom stereocenters. The van der Waals surface area contributed by atoms with E-state index < -0.39 is 0 Å². The van der Waals surface area contributed by atoms with Gasteiger partial charge in [-0.3, -0.25) is 9.78 Å². The van der Waals surface area contributed by atoms with Gasteiger partial charge in [0.1, 0.15) is 5.82 Å². The molecule has 0 bridgehead atoms. The third-order valence-corrected chi connectivity index (χ3v) is 5.02. The molecule has 0 spiro atoms. The molecule has 1 unspecified atom stereocenters. The second-order valence-electron chi connectivity index (χ2n) is 6.42. The molecule has 1 aromatic heterocycles. The van der Waals surface area contributed by atoms with Gasteiger partial charge in [-0.25, -0.2) is 4.39 Å². The van der Waals surface area contributed by atoms with Gasteiger partial charge >= 0.3 is 0 Å². The monoisotopic (exact) mass is 411 g/mol. The van der Waals surface area contributed by atoms with E-state index in [1.54, 1.807) is 24.4 Å². The Balaban J connectivity index is 2.00. The molecule has 132 valence electrons. The highest BCUT2D eigenvalue weighted by Crippen LogP contribution is 2.32. The Morgan fingerprint density at radius 2 is 1.81 bits per heavy atom. The third kappa shape index (κ3) is 4.25. The minimum atomic E-state index is -0.267. The zero-order valence-corrected chi connectivity index (χ0v) is 16.3. The number of hydrogen-bond acceptors (Lipinski definition) is 2. The van der Waals surface area contributed by atoms with Gasteiger partial charge < -0.3 is 0 Å². The number of hydrogen-bond donors (Lipinski definition) is 0. The van der Waals surface area contributed by atoms with Crippen molar-refractivity contribution < 1.29 is 9.18 Å². The maximum absolute atomic E-state index is 13.6. The van der Waals surface area contributed by atoms with Crippen molar-refractivity contribution in [3.05, 3.63) is 99.0 Å². The Bertz CT molecular complexity index is 937. The summed E-state index contributed by atoms with van der Waals surface area (Å²) in [6.45, 7) is 3.75. The number of carbonyl (C=O) groups is 1. The van der Waals surface area contributed by atoms with Crippen LogP contribution in [0, 0.1) is 19.7 Å². The molecular formula is C22H19BrFNO. The number of nitrogens with zero attached hydrogens (tertiary/aromatic N) is 1. The van der Waals surface area contributed by atoms with Gasteiger partial charge in [-0.15, -0.1) is 0 Å². The normalized spacial score (nSPS) is 12.0. The average molecular weight is 412 g/mol. The Morgan fingerprint density at radius 1 is 1.08 bits per heavy atom. The van der Waals surface area contributed by atoms with Crippen LogP contribution in [0.4, 0.5) is 4.39 Å². The lowest BCUT2D eigenvalue weighted by Gasteiger charge is -2.20. The first-order valence-corrected chi connectivity index (χ1v) is 9.20. The molecule has 3 aromatic rings. The summed E-state index contributed by atoms with van der Waals surface area (Å²) in [6, 6.07) is 16.2. The van der Waals surface area contributed by atoms with Crippen LogP contribution in [0.2, 0.25) is 0 Å². The quantitative estimate of drug-likeness (QED) is 0.481. The summed E-state index contributed by atoms with van der Waals surface area (Å²) >= 11 is 3.45. The van der Waals surface area contributed by atoms with Gasteiger partial charge in [0.15, 0.2) is 5.78 Å². The van der Waals surface area contributed by atoms with E-state index in [1.165, 1.54) is 12.1 Å². The SMILES string of the molecule is Cc1cc(C(=O)CC(c2ccc(Br)cc2)c2ccc(F)cc2C)ccn1. The van der Waals surface area contributed by atoms with E-state index in [4.69, 9.17) is 0 Å². The smallest absolute Gasteiger partial charge is 0.163 e. The molecule has 0 aliphatic rings. The van der Waals surface area contributed by atoms with Gasteiger partial charge in [-0.2, -0.15) is 0 Å². The van der Waals surface area contributed by atoms with E-state index in [2.05, 4.69) is 20.9 Å². The second kappa shape index (κ2) is 7.92. The van der Waals surface area contributed by atoms with Crippen molar-refractivity contribution in [3.8, 4) is 0 Å². The molecule has 2 aromatic carbocycles. The van der Waals surface area contributed by atoms with Crippen molar-refractivity contribution in [2.45, 2.75) is 26.2 Å². The van der Waals surface area contributed by atoms with Crippen LogP contribution in [-0.2, 0) is 0 Å². The van der Waals surface area contributed by atoms with Crippen molar-refractivity contribution in [2.24, 2.45) is 0 Å². The van der Waals surface area contributed by atoms with Crippen LogP contribution in [0.3, 0.4) is 0 Å². The van der Waals surface area contributed by atoms with E-state index in [-0.39, 0.29) is 17.5 Å². The molecule has 1 heterocycles. The minimum absolute atomic E-state index is 0.0483. The number of rotatable bonds is 5. The summed E-state index contributed by atoms with van der Waals surface area (Å²) in [4.78, 5) is 17.0. The summed E-state index contributed by atoms with van der Waals surface area (Å²) < 4.78 is 14.5. The molecule has 3 rings (SSSR count). The zero-order chi connectivity index (χ0) is 18.7. The highest BCUT2D eigenvalue weighted by molar-refractivity contribution is 9.10. The number of aryl methyl sites for hydroxylation is 2. The molecule has 0 fully saturated rings. The standard InChI is InChI=1S/C22H19BrFNO/c1-14-11-19(24)7-8-20(14)21(16-3-5-18(23)6-4-16)13-22(26)17-9-10-25-15(2)12-17/h3-12,21H,13H2,1-2H3. The van der Waals surface area contributed by atoms with E-state index in [1.807, 2.05) is 38.1 Å². The van der Waals surface area contributed by atoms with Crippen LogP contribution < -0.4 is 0 Å². The van der Waals surface area contributed by atoms with E-state index in [9.17, 15) is 9.18 Å². The van der Waals surface area contributed by atoms with Crippen LogP contribution in [0.15, 0.2) is 65.3 Å². The number of benzene rings is 2. The summed E-state index contributed by atoms with van der Waals surface area (Å²) in [7, 11) is 0. The number of aromatic nitrogens is 1. The number of ketones is 1. The molecule has 0 saturated heterocycles. The molecule has 0 aliphatic carbocycles. The molecule has 0 amide bonds. The summed E-state index contributed by atoms with van der Waals surface area (Å²) in [6.07, 6.45) is 1.97. The van der Waals surface area contributed by atoms with Gasteiger partial charge in [-0.1, -0.05) is 34.1 Å². The fraction of sp³-hybridized carbons (Fsp3) is 0.182. The van der Waals surface area contributed by atoms with Crippen molar-refractivity contribution >= 4 is 21.7 Å². The van der Waals surface area contributed by atoms with Crippen molar-refractivity contribution in [2.75, 3.05) is 0 Å². The predicted molar refractivity (Wildman–Crippen MR) is 105 cm³/mol. The Kier molecular flexibility index (Phi) is 5.62. The number of Topliss-reactive ketones (excluding diaryl/α,β-unsaturated/α-hetero) is 1. The Morgan fingerprint density at radius 3 is 2.46 bits per heavy atom. The van der Waals surface area contributed by atoms with Gasteiger partial charge in [0, 0.05) is 34.3 Å². The van der Waals surface area contributed by atoms with Crippen LogP contribution in [0.25, 0.3) is 0 Å². The number of pyridine rings is 1. The first kappa shape index (κ1) is 18.5. The highest BCUT2D eigenvalue weighted by Gasteiger charge is 2.21. The van der Waals surface area contributed by atoms with Crippen molar-refractivity contribution in [3.63, 3.8) is 0 Å². The molecular weight excluding hydrogens is 393 g/mol. The second-order valence-corrected chi connectivity index (χ2v) is 7.33. The van der Waals surface area contributed by atoms with Gasteiger partial charge in [0.25, 0.3) is 0 Å². The average Bonchev–Trinajstić information content (AvgIpc) is 2.61. The maximum atomic E-state index is 13.6. The summed E-state index contributed by atoms with van der Waals surface area (Å²) in [5.41, 5.74) is 4.31. The minimum Gasteiger partial charge on any atom is -0.294 e. The fourth-order valence-corrected chi connectivity index (χ4v) is 3.42. The van der Waals surface area contributed by atoms with Crippen LogP contribution in [0.1, 0.15) is 45.1 Å². The zero-order valence-electron chi connectivity index (χ0n) is 14.7. The lowest BCUT2D eigenvalue weighted by molar-refractivity contribution is 0.0977.